The molecule has 0 spiro atoms. The van der Waals surface area contributed by atoms with E-state index < -0.39 is 19.0 Å². The van der Waals surface area contributed by atoms with Crippen LogP contribution in [0.4, 0.5) is 0 Å². The van der Waals surface area contributed by atoms with Crippen LogP contribution in [0.15, 0.2) is 0 Å². The summed E-state index contributed by atoms with van der Waals surface area (Å²) in [4.78, 5) is 4.80. The van der Waals surface area contributed by atoms with Crippen LogP contribution in [0, 0.1) is 0 Å². The molecule has 158 valence electrons. The van der Waals surface area contributed by atoms with E-state index in [0.717, 1.165) is 25.8 Å². The predicted octanol–water partition coefficient (Wildman–Crippen LogP) is 6.01. The second-order valence-electron chi connectivity index (χ2n) is 8.61. The molecule has 0 saturated heterocycles. The van der Waals surface area contributed by atoms with Crippen molar-refractivity contribution in [2.24, 2.45) is 0 Å². The van der Waals surface area contributed by atoms with Crippen LogP contribution >= 0.6 is 7.82 Å². The smallest absolute Gasteiger partial charge is 0.305 e. The first kappa shape index (κ1) is 26.0. The number of hydroxylamine groups is 1. The predicted molar refractivity (Wildman–Crippen MR) is 107 cm³/mol. The van der Waals surface area contributed by atoms with Gasteiger partial charge in [-0.3, -0.25) is 13.6 Å². The Morgan fingerprint density at radius 1 is 0.731 bits per heavy atom. The first-order valence-corrected chi connectivity index (χ1v) is 11.4. The van der Waals surface area contributed by atoms with E-state index in [2.05, 4.69) is 5.48 Å². The average molecular weight is 396 g/mol. The maximum Gasteiger partial charge on any atom is 0.475 e. The molecule has 0 aliphatic rings. The summed E-state index contributed by atoms with van der Waals surface area (Å²) in [5.74, 6) is 0. The molecular formula is C19H42NO5P. The lowest BCUT2D eigenvalue weighted by molar-refractivity contribution is 0.00298. The van der Waals surface area contributed by atoms with Gasteiger partial charge in [-0.15, -0.1) is 0 Å². The molecular weight excluding hydrogens is 353 g/mol. The summed E-state index contributed by atoms with van der Waals surface area (Å²) >= 11 is 0. The third-order valence-corrected chi connectivity index (χ3v) is 5.38. The lowest BCUT2D eigenvalue weighted by Gasteiger charge is -2.30. The van der Waals surface area contributed by atoms with Crippen molar-refractivity contribution < 1.29 is 23.0 Å². The van der Waals surface area contributed by atoms with Crippen molar-refractivity contribution >= 4 is 7.82 Å². The minimum Gasteiger partial charge on any atom is -0.305 e. The zero-order valence-corrected chi connectivity index (χ0v) is 19.0. The number of nitrogens with one attached hydrogen (secondary N) is 1. The van der Waals surface area contributed by atoms with Gasteiger partial charge in [0.2, 0.25) is 0 Å². The van der Waals surface area contributed by atoms with Crippen molar-refractivity contribution in [3.05, 3.63) is 0 Å². The third kappa shape index (κ3) is 17.4. The fourth-order valence-corrected chi connectivity index (χ4v) is 4.22. The number of hydrogen-bond acceptors (Lipinski definition) is 6. The van der Waals surface area contributed by atoms with Crippen LogP contribution in [0.3, 0.4) is 0 Å². The molecule has 0 aromatic heterocycles. The molecule has 0 aromatic rings. The van der Waals surface area contributed by atoms with Gasteiger partial charge in [-0.2, -0.15) is 0 Å². The number of hydrogen-bond donors (Lipinski definition) is 1. The first-order valence-electron chi connectivity index (χ1n) is 9.89. The van der Waals surface area contributed by atoms with Crippen LogP contribution < -0.4 is 5.48 Å². The second-order valence-corrected chi connectivity index (χ2v) is 10.1. The van der Waals surface area contributed by atoms with E-state index in [-0.39, 0.29) is 0 Å². The van der Waals surface area contributed by atoms with Gasteiger partial charge in [0.1, 0.15) is 0 Å². The van der Waals surface area contributed by atoms with Crippen molar-refractivity contribution in [3.63, 3.8) is 0 Å². The van der Waals surface area contributed by atoms with Gasteiger partial charge in [0.25, 0.3) is 0 Å². The van der Waals surface area contributed by atoms with Crippen LogP contribution in [0.2, 0.25) is 0 Å². The van der Waals surface area contributed by atoms with Crippen molar-refractivity contribution in [3.8, 4) is 0 Å². The highest BCUT2D eigenvalue weighted by Gasteiger charge is 2.36. The van der Waals surface area contributed by atoms with Gasteiger partial charge in [0.15, 0.2) is 0 Å². The minimum absolute atomic E-state index is 0.395. The van der Waals surface area contributed by atoms with E-state index in [1.807, 2.05) is 41.5 Å². The maximum atomic E-state index is 12.8. The molecule has 0 fully saturated rings. The molecule has 0 bridgehead atoms. The minimum atomic E-state index is -3.56. The molecule has 0 atom stereocenters. The van der Waals surface area contributed by atoms with Crippen LogP contribution in [-0.2, 0) is 23.0 Å². The zero-order chi connectivity index (χ0) is 20.1. The maximum absolute atomic E-state index is 12.8. The molecule has 0 amide bonds. The fraction of sp³-hybridized carbons (Fsp3) is 1.00. The molecule has 26 heavy (non-hydrogen) atoms. The SMILES string of the molecule is CONCCCCCCCCCCOP(=O)(OC(C)(C)C)OC(C)(C)C. The molecule has 0 saturated carbocycles. The van der Waals surface area contributed by atoms with Crippen molar-refractivity contribution in [1.29, 1.82) is 0 Å². The average Bonchev–Trinajstić information content (AvgIpc) is 2.44. The number of unbranched alkanes of at least 4 members (excludes halogenated alkanes) is 7. The summed E-state index contributed by atoms with van der Waals surface area (Å²) in [5, 5.41) is 0. The Hall–Kier alpha value is 0.0300. The fourth-order valence-electron chi connectivity index (χ4n) is 2.38. The van der Waals surface area contributed by atoms with Gasteiger partial charge in [0.05, 0.1) is 24.9 Å². The standard InChI is InChI=1S/C19H42NO5P/c1-18(2,3)24-26(21,25-19(4,5)6)23-17-15-13-11-9-8-10-12-14-16-20-22-7/h20H,8-17H2,1-7H3. The topological polar surface area (TPSA) is 66.0 Å². The highest BCUT2D eigenvalue weighted by Crippen LogP contribution is 2.55. The molecule has 0 aliphatic heterocycles. The lowest BCUT2D eigenvalue weighted by Crippen LogP contribution is -2.24. The van der Waals surface area contributed by atoms with Crippen molar-refractivity contribution in [2.45, 2.75) is 104 Å². The van der Waals surface area contributed by atoms with Gasteiger partial charge in [0, 0.05) is 6.54 Å². The molecule has 0 heterocycles. The summed E-state index contributed by atoms with van der Waals surface area (Å²) in [6, 6.07) is 0. The van der Waals surface area contributed by atoms with Gasteiger partial charge in [-0.1, -0.05) is 38.5 Å². The van der Waals surface area contributed by atoms with Crippen LogP contribution in [0.5, 0.6) is 0 Å². The van der Waals surface area contributed by atoms with Crippen molar-refractivity contribution in [1.82, 2.24) is 5.48 Å². The van der Waals surface area contributed by atoms with Crippen LogP contribution in [0.1, 0.15) is 92.9 Å². The van der Waals surface area contributed by atoms with E-state index in [4.69, 9.17) is 18.4 Å². The third-order valence-electron chi connectivity index (χ3n) is 3.34. The largest absolute Gasteiger partial charge is 0.475 e. The first-order chi connectivity index (χ1) is 12.0. The summed E-state index contributed by atoms with van der Waals surface area (Å²) in [6.45, 7) is 12.4. The van der Waals surface area contributed by atoms with E-state index in [1.54, 1.807) is 7.11 Å². The van der Waals surface area contributed by atoms with E-state index in [9.17, 15) is 4.57 Å². The Morgan fingerprint density at radius 3 is 1.58 bits per heavy atom. The molecule has 0 unspecified atom stereocenters. The Kier molecular flexibility index (Phi) is 13.3. The Labute approximate surface area is 161 Å². The molecule has 0 aliphatic carbocycles. The van der Waals surface area contributed by atoms with Gasteiger partial charge < -0.3 is 4.84 Å². The molecule has 0 radical (unpaired) electrons. The highest BCUT2D eigenvalue weighted by atomic mass is 31.2. The molecule has 1 N–H and O–H groups in total. The van der Waals surface area contributed by atoms with Crippen LogP contribution in [0.25, 0.3) is 0 Å². The summed E-state index contributed by atoms with van der Waals surface area (Å²) in [7, 11) is -1.91. The van der Waals surface area contributed by atoms with E-state index in [1.165, 1.54) is 32.1 Å². The Bertz CT molecular complexity index is 370. The summed E-state index contributed by atoms with van der Waals surface area (Å²) in [5.41, 5.74) is 1.69. The number of phosphoric acid groups is 1. The molecule has 0 aromatic carbocycles. The Balaban J connectivity index is 3.87. The van der Waals surface area contributed by atoms with E-state index in [0.29, 0.717) is 6.61 Å². The Morgan fingerprint density at radius 2 is 1.15 bits per heavy atom. The highest BCUT2D eigenvalue weighted by molar-refractivity contribution is 7.48. The van der Waals surface area contributed by atoms with Gasteiger partial charge >= 0.3 is 7.82 Å². The normalized spacial score (nSPS) is 13.3. The quantitative estimate of drug-likeness (QED) is 0.208. The van der Waals surface area contributed by atoms with Gasteiger partial charge in [-0.05, 0) is 54.4 Å². The van der Waals surface area contributed by atoms with Crippen LogP contribution in [-0.4, -0.2) is 31.5 Å². The number of rotatable bonds is 15. The molecule has 7 heteroatoms. The monoisotopic (exact) mass is 395 g/mol. The summed E-state index contributed by atoms with van der Waals surface area (Å²) < 4.78 is 29.6. The van der Waals surface area contributed by atoms with E-state index >= 15 is 0 Å². The summed E-state index contributed by atoms with van der Waals surface area (Å²) in [6.07, 6.45) is 9.23. The zero-order valence-electron chi connectivity index (χ0n) is 18.1. The molecule has 6 nitrogen and oxygen atoms in total. The lowest BCUT2D eigenvalue weighted by atomic mass is 10.1. The number of phosphoric ester groups is 1. The molecule has 0 rings (SSSR count). The van der Waals surface area contributed by atoms with Gasteiger partial charge in [-0.25, -0.2) is 10.0 Å². The van der Waals surface area contributed by atoms with Crippen molar-refractivity contribution in [2.75, 3.05) is 20.3 Å². The second kappa shape index (κ2) is 13.2.